The summed E-state index contributed by atoms with van der Waals surface area (Å²) in [5.74, 6) is -0.875. The molecule has 1 N–H and O–H groups in total. The average Bonchev–Trinajstić information content (AvgIpc) is 3.02. The quantitative estimate of drug-likeness (QED) is 0.538. The van der Waals surface area contributed by atoms with Gasteiger partial charge in [0.2, 0.25) is 0 Å². The molecule has 1 aliphatic carbocycles. The predicted octanol–water partition coefficient (Wildman–Crippen LogP) is 4.97. The first-order valence-electron chi connectivity index (χ1n) is 8.42. The van der Waals surface area contributed by atoms with Gasteiger partial charge >= 0.3 is 5.97 Å². The third kappa shape index (κ3) is 2.87. The summed E-state index contributed by atoms with van der Waals surface area (Å²) in [6.07, 6.45) is 3.23. The number of rotatable bonds is 4. The minimum Gasteiger partial charge on any atom is -0.478 e. The Labute approximate surface area is 147 Å². The largest absolute Gasteiger partial charge is 0.478 e. The lowest BCUT2D eigenvalue weighted by molar-refractivity contribution is -0.130. The number of aliphatic carboxylic acids is 1. The van der Waals surface area contributed by atoms with Crippen molar-refractivity contribution >= 4 is 11.5 Å². The van der Waals surface area contributed by atoms with Crippen LogP contribution in [0.3, 0.4) is 0 Å². The molecule has 3 aromatic carbocycles. The Morgan fingerprint density at radius 1 is 0.880 bits per heavy atom. The summed E-state index contributed by atoms with van der Waals surface area (Å²) in [5, 5.41) is 9.78. The van der Waals surface area contributed by atoms with E-state index in [2.05, 4.69) is 18.2 Å². The van der Waals surface area contributed by atoms with Crippen LogP contribution < -0.4 is 0 Å². The van der Waals surface area contributed by atoms with E-state index in [1.54, 1.807) is 0 Å². The van der Waals surface area contributed by atoms with Gasteiger partial charge in [-0.1, -0.05) is 78.9 Å². The highest BCUT2D eigenvalue weighted by molar-refractivity contribution is 6.16. The molecule has 2 heteroatoms. The van der Waals surface area contributed by atoms with Crippen LogP contribution in [-0.4, -0.2) is 11.1 Å². The highest BCUT2D eigenvalue weighted by atomic mass is 16.4. The summed E-state index contributed by atoms with van der Waals surface area (Å²) in [4.78, 5) is 11.9. The molecule has 2 nitrogen and oxygen atoms in total. The van der Waals surface area contributed by atoms with E-state index in [4.69, 9.17) is 0 Å². The van der Waals surface area contributed by atoms with Gasteiger partial charge in [0.05, 0.1) is 5.57 Å². The maximum Gasteiger partial charge on any atom is 0.335 e. The number of hydrogen-bond donors (Lipinski definition) is 1. The van der Waals surface area contributed by atoms with Gasteiger partial charge in [-0.25, -0.2) is 4.79 Å². The van der Waals surface area contributed by atoms with Crippen molar-refractivity contribution in [2.24, 2.45) is 0 Å². The minimum absolute atomic E-state index is 0.383. The monoisotopic (exact) mass is 326 g/mol. The van der Waals surface area contributed by atoms with E-state index in [1.165, 1.54) is 11.1 Å². The molecule has 0 saturated heterocycles. The molecular formula is C23H18O2. The maximum absolute atomic E-state index is 11.9. The Bertz CT molecular complexity index is 968. The number of carbonyl (C=O) groups is 1. The van der Waals surface area contributed by atoms with Crippen molar-refractivity contribution in [1.82, 2.24) is 0 Å². The third-order valence-electron chi connectivity index (χ3n) is 4.76. The fourth-order valence-corrected chi connectivity index (χ4v) is 3.56. The average molecular weight is 326 g/mol. The second-order valence-electron chi connectivity index (χ2n) is 6.28. The van der Waals surface area contributed by atoms with Crippen LogP contribution in [0.4, 0.5) is 0 Å². The smallest absolute Gasteiger partial charge is 0.335 e. The van der Waals surface area contributed by atoms with E-state index in [0.717, 1.165) is 28.7 Å². The molecule has 0 unspecified atom stereocenters. The molecule has 0 aromatic heterocycles. The molecule has 0 aliphatic heterocycles. The van der Waals surface area contributed by atoms with E-state index < -0.39 is 5.97 Å². The minimum atomic E-state index is -0.875. The molecule has 0 fully saturated rings. The zero-order valence-electron chi connectivity index (χ0n) is 13.8. The maximum atomic E-state index is 11.9. The molecule has 0 saturated carbocycles. The number of fused-ring (bicyclic) bond motifs is 3. The molecule has 0 atom stereocenters. The van der Waals surface area contributed by atoms with Gasteiger partial charge in [0, 0.05) is 0 Å². The lowest BCUT2D eigenvalue weighted by atomic mass is 9.94. The molecule has 0 spiro atoms. The van der Waals surface area contributed by atoms with Gasteiger partial charge in [-0.3, -0.25) is 0 Å². The van der Waals surface area contributed by atoms with Crippen molar-refractivity contribution in [2.75, 3.05) is 0 Å². The zero-order chi connectivity index (χ0) is 17.2. The predicted molar refractivity (Wildman–Crippen MR) is 100 cm³/mol. The zero-order valence-corrected chi connectivity index (χ0v) is 13.8. The van der Waals surface area contributed by atoms with Gasteiger partial charge in [-0.2, -0.15) is 0 Å². The van der Waals surface area contributed by atoms with Gasteiger partial charge in [-0.05, 0) is 46.2 Å². The summed E-state index contributed by atoms with van der Waals surface area (Å²) in [5.41, 5.74) is 7.07. The second-order valence-corrected chi connectivity index (χ2v) is 6.28. The molecule has 122 valence electrons. The highest BCUT2D eigenvalue weighted by Gasteiger charge is 2.23. The third-order valence-corrected chi connectivity index (χ3v) is 4.76. The van der Waals surface area contributed by atoms with E-state index in [0.29, 0.717) is 12.0 Å². The van der Waals surface area contributed by atoms with Crippen LogP contribution in [0.1, 0.15) is 22.3 Å². The normalized spacial score (nSPS) is 12.6. The fraction of sp³-hybridized carbons (Fsp3) is 0.0870. The van der Waals surface area contributed by atoms with Gasteiger partial charge < -0.3 is 5.11 Å². The van der Waals surface area contributed by atoms with Crippen molar-refractivity contribution < 1.29 is 9.90 Å². The molecule has 25 heavy (non-hydrogen) atoms. The van der Waals surface area contributed by atoms with Crippen LogP contribution >= 0.6 is 0 Å². The van der Waals surface area contributed by atoms with Gasteiger partial charge in [0.1, 0.15) is 0 Å². The van der Waals surface area contributed by atoms with Crippen molar-refractivity contribution in [3.05, 3.63) is 101 Å². The number of allylic oxidation sites excluding steroid dienone is 1. The molecule has 4 rings (SSSR count). The Morgan fingerprint density at radius 2 is 1.60 bits per heavy atom. The Hall–Kier alpha value is -3.13. The molecular weight excluding hydrogens is 308 g/mol. The number of hydrogen-bond acceptors (Lipinski definition) is 1. The first-order chi connectivity index (χ1) is 12.2. The molecule has 3 aromatic rings. The Morgan fingerprint density at radius 3 is 2.40 bits per heavy atom. The van der Waals surface area contributed by atoms with Crippen molar-refractivity contribution in [1.29, 1.82) is 0 Å². The van der Waals surface area contributed by atoms with Crippen LogP contribution in [0.2, 0.25) is 0 Å². The fourth-order valence-electron chi connectivity index (χ4n) is 3.56. The van der Waals surface area contributed by atoms with E-state index >= 15 is 0 Å². The van der Waals surface area contributed by atoms with Crippen LogP contribution in [0.5, 0.6) is 0 Å². The molecule has 0 heterocycles. The Balaban J connectivity index is 1.76. The summed E-state index contributed by atoms with van der Waals surface area (Å²) in [6.45, 7) is 0. The summed E-state index contributed by atoms with van der Waals surface area (Å²) in [7, 11) is 0. The highest BCUT2D eigenvalue weighted by Crippen LogP contribution is 2.40. The summed E-state index contributed by atoms with van der Waals surface area (Å²) < 4.78 is 0. The summed E-state index contributed by atoms with van der Waals surface area (Å²) in [6, 6.07) is 24.2. The number of benzene rings is 3. The lowest BCUT2D eigenvalue weighted by Crippen LogP contribution is -2.03. The van der Waals surface area contributed by atoms with Crippen LogP contribution in [0.15, 0.2) is 78.9 Å². The second kappa shape index (κ2) is 6.40. The number of carboxylic acid groups (broad SMARTS) is 1. The molecule has 0 amide bonds. The number of carboxylic acids is 1. The molecule has 1 aliphatic rings. The van der Waals surface area contributed by atoms with Crippen molar-refractivity contribution in [2.45, 2.75) is 12.8 Å². The van der Waals surface area contributed by atoms with E-state index in [1.807, 2.05) is 60.7 Å². The standard InChI is InChI=1S/C23H18O2/c24-23(25)21(14-13-16-7-2-1-3-8-16)20-12-6-11-19-18-10-5-4-9-17(18)15-22(19)20/h1-12,14H,13,15H2,(H,24,25). The van der Waals surface area contributed by atoms with Gasteiger partial charge in [0.15, 0.2) is 0 Å². The molecule has 0 radical (unpaired) electrons. The SMILES string of the molecule is O=C(O)C(=CCc1ccccc1)c1cccc2c1Cc1ccccc1-2. The van der Waals surface area contributed by atoms with Crippen molar-refractivity contribution in [3.8, 4) is 11.1 Å². The topological polar surface area (TPSA) is 37.3 Å². The first-order valence-corrected chi connectivity index (χ1v) is 8.42. The van der Waals surface area contributed by atoms with E-state index in [-0.39, 0.29) is 0 Å². The van der Waals surface area contributed by atoms with Crippen LogP contribution in [0.25, 0.3) is 16.7 Å². The lowest BCUT2D eigenvalue weighted by Gasteiger charge is -2.10. The van der Waals surface area contributed by atoms with Crippen LogP contribution in [0, 0.1) is 0 Å². The Kier molecular flexibility index (Phi) is 3.95. The molecule has 0 bridgehead atoms. The van der Waals surface area contributed by atoms with Crippen LogP contribution in [-0.2, 0) is 17.6 Å². The van der Waals surface area contributed by atoms with E-state index in [9.17, 15) is 9.90 Å². The van der Waals surface area contributed by atoms with Gasteiger partial charge in [-0.15, -0.1) is 0 Å². The first kappa shape index (κ1) is 15.4. The van der Waals surface area contributed by atoms with Crippen molar-refractivity contribution in [3.63, 3.8) is 0 Å². The van der Waals surface area contributed by atoms with Gasteiger partial charge in [0.25, 0.3) is 0 Å². The summed E-state index contributed by atoms with van der Waals surface area (Å²) >= 11 is 0.